The number of hydrogen-bond donors (Lipinski definition) is 3. The number of anilines is 2. The van der Waals surface area contributed by atoms with E-state index in [-0.39, 0.29) is 25.1 Å². The zero-order valence-electron chi connectivity index (χ0n) is 25.1. The Morgan fingerprint density at radius 3 is 2.48 bits per heavy atom. The fourth-order valence-electron chi connectivity index (χ4n) is 5.58. The first-order valence-corrected chi connectivity index (χ1v) is 14.8. The molecule has 228 valence electrons. The Morgan fingerprint density at radius 1 is 1.00 bits per heavy atom. The Morgan fingerprint density at radius 2 is 1.75 bits per heavy atom. The van der Waals surface area contributed by atoms with Gasteiger partial charge < -0.3 is 25.2 Å². The van der Waals surface area contributed by atoms with Crippen molar-refractivity contribution >= 4 is 51.5 Å². The van der Waals surface area contributed by atoms with Gasteiger partial charge in [-0.2, -0.15) is 0 Å². The van der Waals surface area contributed by atoms with Crippen molar-refractivity contribution in [2.45, 2.75) is 46.3 Å². The van der Waals surface area contributed by atoms with Gasteiger partial charge in [0.15, 0.2) is 0 Å². The normalized spacial score (nSPS) is 16.9. The second-order valence-electron chi connectivity index (χ2n) is 12.0. The lowest BCUT2D eigenvalue weighted by Gasteiger charge is -2.32. The molecule has 1 aliphatic heterocycles. The van der Waals surface area contributed by atoms with Crippen molar-refractivity contribution < 1.29 is 29.3 Å². The van der Waals surface area contributed by atoms with E-state index in [2.05, 4.69) is 5.32 Å². The van der Waals surface area contributed by atoms with Crippen molar-refractivity contribution in [3.63, 3.8) is 0 Å². The van der Waals surface area contributed by atoms with E-state index >= 15 is 0 Å². The van der Waals surface area contributed by atoms with E-state index in [4.69, 9.17) is 16.3 Å². The number of carbonyl (C=O) groups is 3. The Balaban J connectivity index is 1.55. The molecule has 8 nitrogen and oxygen atoms in total. The fraction of sp³-hybridized carbons (Fsp3) is 0.286. The van der Waals surface area contributed by atoms with Crippen LogP contribution in [0.3, 0.4) is 0 Å². The lowest BCUT2D eigenvalue weighted by Crippen LogP contribution is -2.46. The third-order valence-corrected chi connectivity index (χ3v) is 8.33. The molecule has 0 saturated heterocycles. The van der Waals surface area contributed by atoms with Gasteiger partial charge >= 0.3 is 5.97 Å². The second-order valence-corrected chi connectivity index (χ2v) is 12.5. The van der Waals surface area contributed by atoms with Gasteiger partial charge in [-0.15, -0.1) is 0 Å². The second kappa shape index (κ2) is 12.4. The summed E-state index contributed by atoms with van der Waals surface area (Å²) in [7, 11) is 0. The highest BCUT2D eigenvalue weighted by Gasteiger charge is 2.40. The molecule has 9 heteroatoms. The predicted octanol–water partition coefficient (Wildman–Crippen LogP) is 6.68. The third kappa shape index (κ3) is 6.33. The number of nitrogens with zero attached hydrogens (tertiary/aromatic N) is 1. The Hall–Kier alpha value is -4.24. The number of rotatable bonds is 8. The van der Waals surface area contributed by atoms with Crippen LogP contribution in [0, 0.1) is 19.3 Å². The number of aromatic carboxylic acids is 1. The summed E-state index contributed by atoms with van der Waals surface area (Å²) in [5.41, 5.74) is 3.84. The molecule has 0 unspecified atom stereocenters. The highest BCUT2D eigenvalue weighted by atomic mass is 35.5. The average molecular weight is 615 g/mol. The van der Waals surface area contributed by atoms with E-state index in [9.17, 15) is 24.6 Å². The quantitative estimate of drug-likeness (QED) is 0.204. The maximum atomic E-state index is 14.3. The smallest absolute Gasteiger partial charge is 0.336 e. The SMILES string of the molecule is Cc1cccc([C@H]2O[C@H](CC(=O)Nc3cc(C(=O)O)c4ccccc4c3)C(=O)N(CC(C)(C)CO)c3ccc(Cl)cc32)c1C. The number of carbonyl (C=O) groups excluding carboxylic acids is 2. The van der Waals surface area contributed by atoms with Gasteiger partial charge in [-0.25, -0.2) is 4.79 Å². The minimum atomic E-state index is -1.19. The average Bonchev–Trinajstić information content (AvgIpc) is 3.08. The zero-order valence-corrected chi connectivity index (χ0v) is 25.8. The van der Waals surface area contributed by atoms with E-state index in [0.29, 0.717) is 32.7 Å². The summed E-state index contributed by atoms with van der Waals surface area (Å²) in [6.07, 6.45) is -2.24. The summed E-state index contributed by atoms with van der Waals surface area (Å²) in [6, 6.07) is 21.2. The number of nitrogens with one attached hydrogen (secondary N) is 1. The Labute approximate surface area is 261 Å². The molecular formula is C35H35ClN2O6. The van der Waals surface area contributed by atoms with Gasteiger partial charge in [-0.05, 0) is 71.6 Å². The molecule has 44 heavy (non-hydrogen) atoms. The highest BCUT2D eigenvalue weighted by Crippen LogP contribution is 2.42. The molecule has 0 aromatic heterocycles. The van der Waals surface area contributed by atoms with Gasteiger partial charge in [-0.1, -0.05) is 67.9 Å². The van der Waals surface area contributed by atoms with Crippen LogP contribution in [0.25, 0.3) is 10.8 Å². The zero-order chi connectivity index (χ0) is 31.8. The van der Waals surface area contributed by atoms with E-state index in [0.717, 1.165) is 16.7 Å². The molecule has 4 aromatic rings. The van der Waals surface area contributed by atoms with Gasteiger partial charge in [-0.3, -0.25) is 9.59 Å². The number of benzene rings is 4. The number of amides is 2. The predicted molar refractivity (Wildman–Crippen MR) is 171 cm³/mol. The lowest BCUT2D eigenvalue weighted by atomic mass is 9.91. The maximum Gasteiger partial charge on any atom is 0.336 e. The van der Waals surface area contributed by atoms with Crippen LogP contribution in [-0.4, -0.2) is 47.3 Å². The monoisotopic (exact) mass is 614 g/mol. The molecule has 0 saturated carbocycles. The largest absolute Gasteiger partial charge is 0.478 e. The third-order valence-electron chi connectivity index (χ3n) is 8.09. The minimum Gasteiger partial charge on any atom is -0.478 e. The first-order chi connectivity index (χ1) is 20.9. The van der Waals surface area contributed by atoms with Crippen LogP contribution >= 0.6 is 11.6 Å². The molecule has 0 fully saturated rings. The van der Waals surface area contributed by atoms with Crippen LogP contribution in [0.5, 0.6) is 0 Å². The molecule has 5 rings (SSSR count). The van der Waals surface area contributed by atoms with Gasteiger partial charge in [0.2, 0.25) is 5.91 Å². The number of aryl methyl sites for hydroxylation is 1. The molecular weight excluding hydrogens is 580 g/mol. The van der Waals surface area contributed by atoms with Crippen molar-refractivity contribution in [1.82, 2.24) is 0 Å². The van der Waals surface area contributed by atoms with E-state index < -0.39 is 35.4 Å². The number of aliphatic hydroxyl groups is 1. The van der Waals surface area contributed by atoms with Crippen molar-refractivity contribution in [2.75, 3.05) is 23.4 Å². The molecule has 2 atom stereocenters. The Bertz CT molecular complexity index is 1770. The maximum absolute atomic E-state index is 14.3. The molecule has 4 aromatic carbocycles. The number of carboxylic acids is 1. The molecule has 1 aliphatic rings. The summed E-state index contributed by atoms with van der Waals surface area (Å²) < 4.78 is 6.58. The molecule has 0 bridgehead atoms. The van der Waals surface area contributed by atoms with Crippen LogP contribution in [0.2, 0.25) is 5.02 Å². The van der Waals surface area contributed by atoms with E-state index in [1.165, 1.54) is 6.07 Å². The molecule has 0 spiro atoms. The molecule has 1 heterocycles. The number of hydrogen-bond acceptors (Lipinski definition) is 5. The molecule has 0 aliphatic carbocycles. The number of fused-ring (bicyclic) bond motifs is 2. The highest BCUT2D eigenvalue weighted by molar-refractivity contribution is 6.30. The number of ether oxygens (including phenoxy) is 1. The topological polar surface area (TPSA) is 116 Å². The van der Waals surface area contributed by atoms with E-state index in [1.54, 1.807) is 53.4 Å². The van der Waals surface area contributed by atoms with E-state index in [1.807, 2.05) is 45.9 Å². The van der Waals surface area contributed by atoms with Crippen LogP contribution in [-0.2, 0) is 14.3 Å². The molecule has 3 N–H and O–H groups in total. The van der Waals surface area contributed by atoms with Crippen LogP contribution in [0.4, 0.5) is 11.4 Å². The van der Waals surface area contributed by atoms with Crippen molar-refractivity contribution in [1.29, 1.82) is 0 Å². The minimum absolute atomic E-state index is 0.0555. The van der Waals surface area contributed by atoms with Crippen molar-refractivity contribution in [3.8, 4) is 0 Å². The van der Waals surface area contributed by atoms with Crippen molar-refractivity contribution in [2.24, 2.45) is 5.41 Å². The lowest BCUT2D eigenvalue weighted by molar-refractivity contribution is -0.136. The fourth-order valence-corrected chi connectivity index (χ4v) is 5.77. The summed E-state index contributed by atoms with van der Waals surface area (Å²) in [5, 5.41) is 24.3. The van der Waals surface area contributed by atoms with Crippen LogP contribution in [0.15, 0.2) is 72.8 Å². The summed E-state index contributed by atoms with van der Waals surface area (Å²) in [5.74, 6) is -2.06. The van der Waals surface area contributed by atoms with Gasteiger partial charge in [0, 0.05) is 40.5 Å². The Kier molecular flexibility index (Phi) is 8.79. The number of aliphatic hydroxyl groups excluding tert-OH is 1. The summed E-state index contributed by atoms with van der Waals surface area (Å²) >= 11 is 6.48. The number of halogens is 1. The summed E-state index contributed by atoms with van der Waals surface area (Å²) in [4.78, 5) is 41.3. The van der Waals surface area contributed by atoms with Gasteiger partial charge in [0.05, 0.1) is 12.0 Å². The number of carboxylic acid groups (broad SMARTS) is 1. The van der Waals surface area contributed by atoms with Crippen molar-refractivity contribution in [3.05, 3.63) is 106 Å². The van der Waals surface area contributed by atoms with Gasteiger partial charge in [0.25, 0.3) is 5.91 Å². The first kappa shape index (κ1) is 31.2. The van der Waals surface area contributed by atoms with Crippen LogP contribution in [0.1, 0.15) is 59.0 Å². The first-order valence-electron chi connectivity index (χ1n) is 14.4. The van der Waals surface area contributed by atoms with Gasteiger partial charge in [0.1, 0.15) is 12.2 Å². The molecule has 2 amide bonds. The summed E-state index contributed by atoms with van der Waals surface area (Å²) in [6.45, 7) is 7.69. The van der Waals surface area contributed by atoms with Crippen LogP contribution < -0.4 is 10.2 Å². The molecule has 0 radical (unpaired) electrons. The standard InChI is InChI=1S/C35H35ClN2O6/c1-20-8-7-11-25(21(20)2)32-28-15-23(36)12-13-29(28)38(18-35(3,4)19-39)33(41)30(44-32)17-31(40)37-24-14-22-9-5-6-10-26(22)27(16-24)34(42)43/h5-16,30,32,39H,17-19H2,1-4H3,(H,37,40)(H,42,43)/t30-,32-/m1/s1.